The first kappa shape index (κ1) is 19.0. The third kappa shape index (κ3) is 5.13. The van der Waals surface area contributed by atoms with Crippen molar-refractivity contribution in [3.05, 3.63) is 63.7 Å². The van der Waals surface area contributed by atoms with Crippen LogP contribution in [0.3, 0.4) is 0 Å². The van der Waals surface area contributed by atoms with Crippen molar-refractivity contribution < 1.29 is 9.32 Å². The Morgan fingerprint density at radius 2 is 2.04 bits per heavy atom. The van der Waals surface area contributed by atoms with Gasteiger partial charge in [-0.1, -0.05) is 12.1 Å². The molecule has 0 bridgehead atoms. The van der Waals surface area contributed by atoms with Crippen molar-refractivity contribution in [1.29, 1.82) is 0 Å². The number of carbonyl (C=O) groups is 1. The Hall–Kier alpha value is -2.74. The number of hydrogen-bond acceptors (Lipinski definition) is 6. The summed E-state index contributed by atoms with van der Waals surface area (Å²) < 4.78 is 5.24. The summed E-state index contributed by atoms with van der Waals surface area (Å²) in [7, 11) is 0. The van der Waals surface area contributed by atoms with Gasteiger partial charge in [-0.2, -0.15) is 4.98 Å². The lowest BCUT2D eigenvalue weighted by Crippen LogP contribution is -2.40. The molecule has 0 saturated heterocycles. The predicted octanol–water partition coefficient (Wildman–Crippen LogP) is 3.87. The van der Waals surface area contributed by atoms with Gasteiger partial charge in [0.25, 0.3) is 0 Å². The molecule has 0 radical (unpaired) electrons. The van der Waals surface area contributed by atoms with Gasteiger partial charge in [-0.25, -0.2) is 4.79 Å². The smallest absolute Gasteiger partial charge is 0.318 e. The van der Waals surface area contributed by atoms with Crippen molar-refractivity contribution in [2.75, 3.05) is 0 Å². The molecule has 0 aliphatic heterocycles. The first-order chi connectivity index (χ1) is 13.0. The van der Waals surface area contributed by atoms with Gasteiger partial charge in [0.1, 0.15) is 6.04 Å². The van der Waals surface area contributed by atoms with Gasteiger partial charge >= 0.3 is 6.03 Å². The van der Waals surface area contributed by atoms with E-state index in [1.807, 2.05) is 26.0 Å². The van der Waals surface area contributed by atoms with E-state index in [0.717, 1.165) is 10.4 Å². The topological polar surface area (TPSA) is 84.2 Å². The maximum Gasteiger partial charge on any atom is 0.318 e. The maximum atomic E-state index is 12.9. The Labute approximate surface area is 162 Å². The first-order valence-corrected chi connectivity index (χ1v) is 9.69. The molecule has 3 aromatic heterocycles. The standard InChI is InChI=1S/C19H23N5O2S/c1-4-17-22-18(26-23-17)14(3)21-19(25)24(11-15-7-9-20-10-8-15)12-16-6-5-13(2)27-16/h5-10,14H,4,11-12H2,1-3H3,(H,21,25). The molecule has 142 valence electrons. The molecule has 2 amide bonds. The van der Waals surface area contributed by atoms with Crippen LogP contribution < -0.4 is 5.32 Å². The molecule has 0 saturated carbocycles. The van der Waals surface area contributed by atoms with E-state index in [4.69, 9.17) is 4.52 Å². The van der Waals surface area contributed by atoms with E-state index in [1.165, 1.54) is 4.88 Å². The Morgan fingerprint density at radius 1 is 1.26 bits per heavy atom. The van der Waals surface area contributed by atoms with Gasteiger partial charge in [-0.15, -0.1) is 11.3 Å². The number of aryl methyl sites for hydroxylation is 2. The maximum absolute atomic E-state index is 12.9. The summed E-state index contributed by atoms with van der Waals surface area (Å²) in [4.78, 5) is 25.4. The fourth-order valence-corrected chi connectivity index (χ4v) is 3.50. The van der Waals surface area contributed by atoms with Crippen molar-refractivity contribution in [3.8, 4) is 0 Å². The van der Waals surface area contributed by atoms with Crippen LogP contribution in [-0.4, -0.2) is 26.1 Å². The monoisotopic (exact) mass is 385 g/mol. The highest BCUT2D eigenvalue weighted by Gasteiger charge is 2.21. The van der Waals surface area contributed by atoms with E-state index in [1.54, 1.807) is 28.6 Å². The fourth-order valence-electron chi connectivity index (χ4n) is 2.59. The molecule has 8 heteroatoms. The highest BCUT2D eigenvalue weighted by molar-refractivity contribution is 7.11. The molecular weight excluding hydrogens is 362 g/mol. The van der Waals surface area contributed by atoms with Crippen LogP contribution in [0.2, 0.25) is 0 Å². The van der Waals surface area contributed by atoms with Crippen molar-refractivity contribution in [3.63, 3.8) is 0 Å². The molecule has 3 aromatic rings. The average Bonchev–Trinajstić information content (AvgIpc) is 3.31. The van der Waals surface area contributed by atoms with Crippen LogP contribution in [0.15, 0.2) is 41.2 Å². The highest BCUT2D eigenvalue weighted by Crippen LogP contribution is 2.19. The Morgan fingerprint density at radius 3 is 2.67 bits per heavy atom. The lowest BCUT2D eigenvalue weighted by Gasteiger charge is -2.24. The summed E-state index contributed by atoms with van der Waals surface area (Å²) in [5.41, 5.74) is 1.02. The number of hydrogen-bond donors (Lipinski definition) is 1. The van der Waals surface area contributed by atoms with Gasteiger partial charge in [0, 0.05) is 35.1 Å². The number of pyridine rings is 1. The van der Waals surface area contributed by atoms with Crippen LogP contribution in [-0.2, 0) is 19.5 Å². The Bertz CT molecular complexity index is 877. The van der Waals surface area contributed by atoms with Crippen molar-refractivity contribution >= 4 is 17.4 Å². The molecule has 1 N–H and O–H groups in total. The lowest BCUT2D eigenvalue weighted by atomic mass is 10.2. The van der Waals surface area contributed by atoms with Crippen molar-refractivity contribution in [2.24, 2.45) is 0 Å². The van der Waals surface area contributed by atoms with Crippen LogP contribution in [0, 0.1) is 6.92 Å². The minimum absolute atomic E-state index is 0.179. The zero-order valence-electron chi connectivity index (χ0n) is 15.7. The van der Waals surface area contributed by atoms with Crippen LogP contribution in [0.1, 0.15) is 46.9 Å². The summed E-state index contributed by atoms with van der Waals surface area (Å²) in [5.74, 6) is 1.05. The molecule has 0 fully saturated rings. The van der Waals surface area contributed by atoms with Crippen molar-refractivity contribution in [2.45, 2.75) is 46.3 Å². The summed E-state index contributed by atoms with van der Waals surface area (Å²) >= 11 is 1.69. The number of nitrogens with zero attached hydrogens (tertiary/aromatic N) is 4. The van der Waals surface area contributed by atoms with Gasteiger partial charge in [-0.05, 0) is 43.7 Å². The molecule has 3 heterocycles. The summed E-state index contributed by atoms with van der Waals surface area (Å²) in [6, 6.07) is 7.40. The number of aromatic nitrogens is 3. The summed E-state index contributed by atoms with van der Waals surface area (Å²) in [6.45, 7) is 6.87. The number of amides is 2. The quantitative estimate of drug-likeness (QED) is 0.667. The van der Waals surface area contributed by atoms with Gasteiger partial charge in [0.05, 0.1) is 6.54 Å². The Balaban J connectivity index is 1.72. The van der Waals surface area contributed by atoms with E-state index in [0.29, 0.717) is 31.2 Å². The molecular formula is C19H23N5O2S. The molecule has 0 aliphatic carbocycles. The summed E-state index contributed by atoms with van der Waals surface area (Å²) in [6.07, 6.45) is 4.15. The zero-order chi connectivity index (χ0) is 19.2. The molecule has 0 spiro atoms. The SMILES string of the molecule is CCc1noc(C(C)NC(=O)N(Cc2ccncc2)Cc2ccc(C)s2)n1. The number of urea groups is 1. The number of rotatable bonds is 7. The molecule has 1 unspecified atom stereocenters. The minimum Gasteiger partial charge on any atom is -0.337 e. The van der Waals surface area contributed by atoms with E-state index in [2.05, 4.69) is 39.5 Å². The predicted molar refractivity (Wildman–Crippen MR) is 103 cm³/mol. The van der Waals surface area contributed by atoms with E-state index in [-0.39, 0.29) is 12.1 Å². The third-order valence-electron chi connectivity index (χ3n) is 4.06. The van der Waals surface area contributed by atoms with Gasteiger partial charge < -0.3 is 14.7 Å². The minimum atomic E-state index is -0.365. The van der Waals surface area contributed by atoms with E-state index in [9.17, 15) is 4.79 Å². The van der Waals surface area contributed by atoms with E-state index < -0.39 is 0 Å². The lowest BCUT2D eigenvalue weighted by molar-refractivity contribution is 0.186. The van der Waals surface area contributed by atoms with Gasteiger partial charge in [0.15, 0.2) is 5.82 Å². The molecule has 3 rings (SSSR count). The normalized spacial score (nSPS) is 12.0. The second-order valence-corrected chi connectivity index (χ2v) is 7.67. The largest absolute Gasteiger partial charge is 0.337 e. The average molecular weight is 385 g/mol. The van der Waals surface area contributed by atoms with Crippen LogP contribution in [0.4, 0.5) is 4.79 Å². The zero-order valence-corrected chi connectivity index (χ0v) is 16.5. The molecule has 7 nitrogen and oxygen atoms in total. The van der Waals surface area contributed by atoms with Gasteiger partial charge in [-0.3, -0.25) is 4.98 Å². The third-order valence-corrected chi connectivity index (χ3v) is 5.05. The molecule has 0 aliphatic rings. The first-order valence-electron chi connectivity index (χ1n) is 8.87. The van der Waals surface area contributed by atoms with E-state index >= 15 is 0 Å². The van der Waals surface area contributed by atoms with Crippen LogP contribution >= 0.6 is 11.3 Å². The number of carbonyl (C=O) groups excluding carboxylic acids is 1. The van der Waals surface area contributed by atoms with Crippen molar-refractivity contribution in [1.82, 2.24) is 25.3 Å². The second kappa shape index (κ2) is 8.77. The second-order valence-electron chi connectivity index (χ2n) is 6.30. The molecule has 27 heavy (non-hydrogen) atoms. The molecule has 0 aromatic carbocycles. The Kier molecular flexibility index (Phi) is 6.18. The van der Waals surface area contributed by atoms with Crippen LogP contribution in [0.5, 0.6) is 0 Å². The number of nitrogens with one attached hydrogen (secondary N) is 1. The van der Waals surface area contributed by atoms with Crippen LogP contribution in [0.25, 0.3) is 0 Å². The van der Waals surface area contributed by atoms with Gasteiger partial charge in [0.2, 0.25) is 5.89 Å². The molecule has 1 atom stereocenters. The number of thiophene rings is 1. The summed E-state index contributed by atoms with van der Waals surface area (Å²) in [5, 5.41) is 6.85. The highest BCUT2D eigenvalue weighted by atomic mass is 32.1. The fraction of sp³-hybridized carbons (Fsp3) is 0.368.